The third kappa shape index (κ3) is 3.63. The number of anilines is 2. The molecule has 0 fully saturated rings. The first-order chi connectivity index (χ1) is 11.0. The van der Waals surface area contributed by atoms with E-state index in [4.69, 9.17) is 11.6 Å². The molecule has 5 nitrogen and oxygen atoms in total. The molecule has 1 amide bonds. The first kappa shape index (κ1) is 15.4. The Morgan fingerprint density at radius 3 is 2.61 bits per heavy atom. The average molecular weight is 329 g/mol. The Morgan fingerprint density at radius 1 is 1.17 bits per heavy atom. The molecule has 3 rings (SSSR count). The molecule has 0 radical (unpaired) electrons. The number of fused-ring (bicyclic) bond motifs is 1. The van der Waals surface area contributed by atoms with Gasteiger partial charge in [0.25, 0.3) is 0 Å². The van der Waals surface area contributed by atoms with Crippen LogP contribution in [-0.4, -0.2) is 29.4 Å². The minimum absolute atomic E-state index is 0.0999. The zero-order valence-corrected chi connectivity index (χ0v) is 13.7. The Morgan fingerprint density at radius 2 is 1.91 bits per heavy atom. The van der Waals surface area contributed by atoms with Crippen LogP contribution in [0.3, 0.4) is 0 Å². The molecule has 0 aliphatic rings. The second kappa shape index (κ2) is 6.30. The highest BCUT2D eigenvalue weighted by molar-refractivity contribution is 6.30. The predicted molar refractivity (Wildman–Crippen MR) is 93.3 cm³/mol. The number of nitrogens with zero attached hydrogens (tertiary/aromatic N) is 3. The highest BCUT2D eigenvalue weighted by atomic mass is 35.5. The summed E-state index contributed by atoms with van der Waals surface area (Å²) in [4.78, 5) is 18.6. The van der Waals surface area contributed by atoms with Crippen molar-refractivity contribution in [3.63, 3.8) is 0 Å². The van der Waals surface area contributed by atoms with E-state index in [1.54, 1.807) is 12.3 Å². The maximum Gasteiger partial charge on any atom is 0.230 e. The summed E-state index contributed by atoms with van der Waals surface area (Å²) < 4.78 is 1.82. The summed E-state index contributed by atoms with van der Waals surface area (Å²) in [6, 6.07) is 11.3. The maximum absolute atomic E-state index is 12.1. The van der Waals surface area contributed by atoms with Gasteiger partial charge in [-0.25, -0.2) is 4.98 Å². The van der Waals surface area contributed by atoms with Gasteiger partial charge in [-0.2, -0.15) is 0 Å². The van der Waals surface area contributed by atoms with Gasteiger partial charge in [0.05, 0.1) is 17.1 Å². The predicted octanol–water partition coefficient (Wildman–Crippen LogP) is 3.23. The Bertz CT molecular complexity index is 839. The normalized spacial score (nSPS) is 10.7. The lowest BCUT2D eigenvalue weighted by atomic mass is 10.2. The van der Waals surface area contributed by atoms with Gasteiger partial charge in [0.2, 0.25) is 5.91 Å². The number of benzene rings is 1. The molecule has 0 atom stereocenters. The van der Waals surface area contributed by atoms with Gasteiger partial charge in [-0.1, -0.05) is 11.6 Å². The molecule has 0 aliphatic carbocycles. The molecular formula is C17H17ClN4O. The van der Waals surface area contributed by atoms with Gasteiger partial charge in [0, 0.05) is 37.9 Å². The lowest BCUT2D eigenvalue weighted by Crippen LogP contribution is -2.15. The van der Waals surface area contributed by atoms with Crippen LogP contribution in [0, 0.1) is 0 Å². The fourth-order valence-electron chi connectivity index (χ4n) is 2.31. The smallest absolute Gasteiger partial charge is 0.230 e. The minimum Gasteiger partial charge on any atom is -0.378 e. The van der Waals surface area contributed by atoms with Crippen molar-refractivity contribution in [3.05, 3.63) is 59.5 Å². The lowest BCUT2D eigenvalue weighted by Gasteiger charge is -2.12. The fourth-order valence-corrected chi connectivity index (χ4v) is 2.48. The summed E-state index contributed by atoms with van der Waals surface area (Å²) in [5.41, 5.74) is 3.33. The molecule has 23 heavy (non-hydrogen) atoms. The van der Waals surface area contributed by atoms with E-state index in [1.807, 2.05) is 59.9 Å². The summed E-state index contributed by atoms with van der Waals surface area (Å²) in [5, 5.41) is 3.51. The summed E-state index contributed by atoms with van der Waals surface area (Å²) in [7, 11) is 3.95. The lowest BCUT2D eigenvalue weighted by molar-refractivity contribution is -0.115. The number of pyridine rings is 1. The van der Waals surface area contributed by atoms with Crippen LogP contribution < -0.4 is 10.2 Å². The van der Waals surface area contributed by atoms with Crippen LogP contribution in [0.1, 0.15) is 5.69 Å². The van der Waals surface area contributed by atoms with Gasteiger partial charge < -0.3 is 14.6 Å². The Hall–Kier alpha value is -2.53. The monoisotopic (exact) mass is 328 g/mol. The molecule has 2 aromatic heterocycles. The van der Waals surface area contributed by atoms with E-state index in [2.05, 4.69) is 10.3 Å². The van der Waals surface area contributed by atoms with E-state index in [1.165, 1.54) is 0 Å². The third-order valence-corrected chi connectivity index (χ3v) is 3.70. The highest BCUT2D eigenvalue weighted by Crippen LogP contribution is 2.16. The first-order valence-corrected chi connectivity index (χ1v) is 7.59. The van der Waals surface area contributed by atoms with Crippen molar-refractivity contribution < 1.29 is 4.79 Å². The quantitative estimate of drug-likeness (QED) is 0.800. The average Bonchev–Trinajstić information content (AvgIpc) is 2.88. The number of hydrogen-bond acceptors (Lipinski definition) is 3. The molecule has 0 saturated heterocycles. The number of imidazole rings is 1. The zero-order valence-electron chi connectivity index (χ0n) is 13.0. The van der Waals surface area contributed by atoms with E-state index in [9.17, 15) is 4.79 Å². The van der Waals surface area contributed by atoms with Gasteiger partial charge in [0.1, 0.15) is 5.65 Å². The Labute approximate surface area is 139 Å². The van der Waals surface area contributed by atoms with Crippen LogP contribution in [-0.2, 0) is 11.2 Å². The molecule has 1 N–H and O–H groups in total. The fraction of sp³-hybridized carbons (Fsp3) is 0.176. The third-order valence-electron chi connectivity index (χ3n) is 3.47. The van der Waals surface area contributed by atoms with Crippen molar-refractivity contribution in [2.75, 3.05) is 24.3 Å². The SMILES string of the molecule is CN(C)c1ccc(NC(=O)Cc2cn3cc(Cl)ccc3n2)cc1. The zero-order chi connectivity index (χ0) is 16.4. The first-order valence-electron chi connectivity index (χ1n) is 7.21. The van der Waals surface area contributed by atoms with E-state index in [0.717, 1.165) is 17.0 Å². The largest absolute Gasteiger partial charge is 0.378 e. The van der Waals surface area contributed by atoms with Crippen LogP contribution in [0.2, 0.25) is 5.02 Å². The highest BCUT2D eigenvalue weighted by Gasteiger charge is 2.08. The van der Waals surface area contributed by atoms with Gasteiger partial charge >= 0.3 is 0 Å². The molecule has 0 bridgehead atoms. The summed E-state index contributed by atoms with van der Waals surface area (Å²) in [6.07, 6.45) is 3.80. The molecule has 2 heterocycles. The summed E-state index contributed by atoms with van der Waals surface area (Å²) in [5.74, 6) is -0.0999. The molecule has 1 aromatic carbocycles. The van der Waals surface area contributed by atoms with Crippen LogP contribution in [0.15, 0.2) is 48.8 Å². The number of aromatic nitrogens is 2. The Balaban J connectivity index is 1.68. The van der Waals surface area contributed by atoms with Crippen molar-refractivity contribution in [2.24, 2.45) is 0 Å². The van der Waals surface area contributed by atoms with Crippen LogP contribution in [0.4, 0.5) is 11.4 Å². The van der Waals surface area contributed by atoms with Gasteiger partial charge in [-0.05, 0) is 36.4 Å². The van der Waals surface area contributed by atoms with Crippen molar-refractivity contribution in [1.82, 2.24) is 9.38 Å². The molecule has 0 saturated carbocycles. The van der Waals surface area contributed by atoms with E-state index in [0.29, 0.717) is 10.7 Å². The van der Waals surface area contributed by atoms with E-state index >= 15 is 0 Å². The van der Waals surface area contributed by atoms with E-state index < -0.39 is 0 Å². The molecule has 0 aliphatic heterocycles. The number of hydrogen-bond donors (Lipinski definition) is 1. The van der Waals surface area contributed by atoms with Gasteiger partial charge in [0.15, 0.2) is 0 Å². The standard InChI is InChI=1S/C17H17ClN4O/c1-21(2)15-6-4-13(5-7-15)20-17(23)9-14-11-22-10-12(18)3-8-16(22)19-14/h3-8,10-11H,9H2,1-2H3,(H,20,23). The van der Waals surface area contributed by atoms with Crippen LogP contribution in [0.5, 0.6) is 0 Å². The number of amides is 1. The van der Waals surface area contributed by atoms with E-state index in [-0.39, 0.29) is 12.3 Å². The second-order valence-electron chi connectivity index (χ2n) is 5.51. The Kier molecular flexibility index (Phi) is 4.21. The number of carbonyl (C=O) groups is 1. The van der Waals surface area contributed by atoms with Crippen LogP contribution >= 0.6 is 11.6 Å². The van der Waals surface area contributed by atoms with Crippen molar-refractivity contribution in [3.8, 4) is 0 Å². The molecule has 6 heteroatoms. The van der Waals surface area contributed by atoms with Crippen molar-refractivity contribution >= 4 is 34.5 Å². The van der Waals surface area contributed by atoms with Crippen LogP contribution in [0.25, 0.3) is 5.65 Å². The van der Waals surface area contributed by atoms with Crippen molar-refractivity contribution in [1.29, 1.82) is 0 Å². The second-order valence-corrected chi connectivity index (χ2v) is 5.95. The number of halogens is 1. The van der Waals surface area contributed by atoms with Crippen molar-refractivity contribution in [2.45, 2.75) is 6.42 Å². The number of rotatable bonds is 4. The molecule has 0 spiro atoms. The maximum atomic E-state index is 12.1. The molecule has 0 unspecified atom stereocenters. The molecule has 3 aromatic rings. The number of carbonyl (C=O) groups excluding carboxylic acids is 1. The summed E-state index contributed by atoms with van der Waals surface area (Å²) in [6.45, 7) is 0. The topological polar surface area (TPSA) is 49.6 Å². The minimum atomic E-state index is -0.0999. The number of nitrogens with one attached hydrogen (secondary N) is 1. The molecular weight excluding hydrogens is 312 g/mol. The van der Waals surface area contributed by atoms with Gasteiger partial charge in [-0.3, -0.25) is 4.79 Å². The van der Waals surface area contributed by atoms with Gasteiger partial charge in [-0.15, -0.1) is 0 Å². The summed E-state index contributed by atoms with van der Waals surface area (Å²) >= 11 is 5.94. The molecule has 118 valence electrons.